The van der Waals surface area contributed by atoms with Gasteiger partial charge >= 0.3 is 5.97 Å². The van der Waals surface area contributed by atoms with Gasteiger partial charge in [-0.3, -0.25) is 14.5 Å². The summed E-state index contributed by atoms with van der Waals surface area (Å²) < 4.78 is 5.51. The molecule has 8 heteroatoms. The van der Waals surface area contributed by atoms with Crippen LogP contribution in [0.4, 0.5) is 0 Å². The van der Waals surface area contributed by atoms with E-state index >= 15 is 0 Å². The summed E-state index contributed by atoms with van der Waals surface area (Å²) in [5, 5.41) is 11.6. The molecule has 3 aliphatic rings. The van der Waals surface area contributed by atoms with Crippen molar-refractivity contribution in [1.29, 1.82) is 0 Å². The van der Waals surface area contributed by atoms with Crippen molar-refractivity contribution in [2.24, 2.45) is 5.92 Å². The lowest BCUT2D eigenvalue weighted by Gasteiger charge is -2.49. The zero-order valence-corrected chi connectivity index (χ0v) is 16.5. The molecule has 3 saturated heterocycles. The van der Waals surface area contributed by atoms with Crippen LogP contribution < -0.4 is 5.32 Å². The van der Waals surface area contributed by atoms with Crippen molar-refractivity contribution < 1.29 is 19.1 Å². The molecule has 1 amide bonds. The Morgan fingerprint density at radius 3 is 2.90 bits per heavy atom. The second-order valence-electron chi connectivity index (χ2n) is 7.94. The van der Waals surface area contributed by atoms with Crippen LogP contribution in [0.5, 0.6) is 0 Å². The van der Waals surface area contributed by atoms with Gasteiger partial charge in [-0.1, -0.05) is 0 Å². The summed E-state index contributed by atoms with van der Waals surface area (Å²) in [4.78, 5) is 34.1. The number of carboxylic acids is 1. The smallest absolute Gasteiger partial charge is 0.303 e. The maximum absolute atomic E-state index is 11.9. The van der Waals surface area contributed by atoms with Crippen molar-refractivity contribution in [3.8, 4) is 11.5 Å². The number of nitrogens with zero attached hydrogens (tertiary/aromatic N) is 3. The second kappa shape index (κ2) is 8.32. The number of carboxylic acid groups (broad SMARTS) is 1. The number of furan rings is 1. The highest BCUT2D eigenvalue weighted by atomic mass is 16.4. The number of rotatable bonds is 7. The van der Waals surface area contributed by atoms with E-state index in [9.17, 15) is 9.59 Å². The predicted molar refractivity (Wildman–Crippen MR) is 105 cm³/mol. The van der Waals surface area contributed by atoms with Gasteiger partial charge in [-0.05, 0) is 50.4 Å². The molecule has 1 unspecified atom stereocenters. The Kier molecular flexibility index (Phi) is 5.62. The molecule has 4 atom stereocenters. The fourth-order valence-corrected chi connectivity index (χ4v) is 4.56. The van der Waals surface area contributed by atoms with Gasteiger partial charge in [-0.25, -0.2) is 9.97 Å². The van der Waals surface area contributed by atoms with Crippen LogP contribution in [0.25, 0.3) is 11.5 Å². The van der Waals surface area contributed by atoms with E-state index in [0.29, 0.717) is 24.4 Å². The molecule has 2 aromatic rings. The molecule has 0 aromatic carbocycles. The molecule has 29 heavy (non-hydrogen) atoms. The Morgan fingerprint density at radius 2 is 2.21 bits per heavy atom. The Balaban J connectivity index is 1.41. The van der Waals surface area contributed by atoms with Crippen molar-refractivity contribution in [2.45, 2.75) is 44.6 Å². The highest BCUT2D eigenvalue weighted by molar-refractivity contribution is 5.80. The van der Waals surface area contributed by atoms with E-state index in [4.69, 9.17) is 14.5 Å². The first-order valence-electron chi connectivity index (χ1n) is 10.1. The average Bonchev–Trinajstić information content (AvgIpc) is 3.25. The standard InChI is InChI=1S/C21H26N4O4/c1-13-23-17(10-18(24-13)19-3-2-8-29-19)16-12-25-7-6-14(16)9-15(25)11-22-20(26)4-5-21(27)28/h2-3,8,10,14-16H,4-7,9,11-12H2,1H3,(H,22,26)(H,27,28)/t14-,15+,16+/m0/s1. The lowest BCUT2D eigenvalue weighted by Crippen LogP contribution is -2.56. The molecule has 0 aliphatic carbocycles. The zero-order chi connectivity index (χ0) is 20.4. The first kappa shape index (κ1) is 19.6. The first-order valence-corrected chi connectivity index (χ1v) is 10.1. The first-order chi connectivity index (χ1) is 14.0. The van der Waals surface area contributed by atoms with Crippen LogP contribution in [0.1, 0.15) is 43.1 Å². The monoisotopic (exact) mass is 398 g/mol. The average molecular weight is 398 g/mol. The number of nitrogens with one attached hydrogen (secondary N) is 1. The van der Waals surface area contributed by atoms with Gasteiger partial charge in [0, 0.05) is 37.2 Å². The maximum Gasteiger partial charge on any atom is 0.303 e. The number of carbonyl (C=O) groups excluding carboxylic acids is 1. The minimum Gasteiger partial charge on any atom is -0.481 e. The van der Waals surface area contributed by atoms with Gasteiger partial charge in [0.05, 0.1) is 12.7 Å². The van der Waals surface area contributed by atoms with Gasteiger partial charge in [-0.15, -0.1) is 0 Å². The molecular formula is C21H26N4O4. The number of hydrogen-bond donors (Lipinski definition) is 2. The molecule has 5 heterocycles. The summed E-state index contributed by atoms with van der Waals surface area (Å²) in [5.74, 6) is 1.21. The summed E-state index contributed by atoms with van der Waals surface area (Å²) in [6.45, 7) is 4.41. The molecule has 0 radical (unpaired) electrons. The molecule has 2 N–H and O–H groups in total. The molecule has 0 spiro atoms. The molecule has 3 fully saturated rings. The summed E-state index contributed by atoms with van der Waals surface area (Å²) in [6, 6.07) is 6.11. The van der Waals surface area contributed by atoms with E-state index in [-0.39, 0.29) is 18.7 Å². The number of aliphatic carboxylic acids is 1. The van der Waals surface area contributed by atoms with Crippen LogP contribution >= 0.6 is 0 Å². The normalized spacial score (nSPS) is 25.7. The Labute approximate surface area is 169 Å². The van der Waals surface area contributed by atoms with Gasteiger partial charge in [0.15, 0.2) is 5.76 Å². The Bertz CT molecular complexity index is 883. The molecule has 2 bridgehead atoms. The minimum atomic E-state index is -0.947. The van der Waals surface area contributed by atoms with Crippen LogP contribution in [0.2, 0.25) is 0 Å². The number of hydrogen-bond acceptors (Lipinski definition) is 6. The topological polar surface area (TPSA) is 109 Å². The van der Waals surface area contributed by atoms with Gasteiger partial charge in [0.25, 0.3) is 0 Å². The number of piperidine rings is 3. The fraction of sp³-hybridized carbons (Fsp3) is 0.524. The van der Waals surface area contributed by atoms with Gasteiger partial charge in [0.2, 0.25) is 5.91 Å². The minimum absolute atomic E-state index is 0.0316. The van der Waals surface area contributed by atoms with Crippen molar-refractivity contribution in [2.75, 3.05) is 19.6 Å². The summed E-state index contributed by atoms with van der Waals surface area (Å²) in [6.07, 6.45) is 3.67. The molecular weight excluding hydrogens is 372 g/mol. The van der Waals surface area contributed by atoms with E-state index in [1.165, 1.54) is 0 Å². The van der Waals surface area contributed by atoms with Gasteiger partial charge < -0.3 is 14.8 Å². The number of aromatic nitrogens is 2. The molecule has 3 aliphatic heterocycles. The highest BCUT2D eigenvalue weighted by Gasteiger charge is 2.41. The van der Waals surface area contributed by atoms with E-state index in [2.05, 4.69) is 15.2 Å². The van der Waals surface area contributed by atoms with E-state index in [1.807, 2.05) is 25.1 Å². The lowest BCUT2D eigenvalue weighted by molar-refractivity contribution is -0.138. The van der Waals surface area contributed by atoms with Crippen LogP contribution in [0.3, 0.4) is 0 Å². The summed E-state index contributed by atoms with van der Waals surface area (Å²) in [7, 11) is 0. The quantitative estimate of drug-likeness (QED) is 0.736. The third kappa shape index (κ3) is 4.48. The lowest BCUT2D eigenvalue weighted by atomic mass is 9.74. The molecule has 5 rings (SSSR count). The largest absolute Gasteiger partial charge is 0.481 e. The molecule has 154 valence electrons. The Morgan fingerprint density at radius 1 is 1.34 bits per heavy atom. The van der Waals surface area contributed by atoms with E-state index in [0.717, 1.165) is 48.9 Å². The van der Waals surface area contributed by atoms with Crippen LogP contribution in [-0.2, 0) is 9.59 Å². The van der Waals surface area contributed by atoms with Crippen molar-refractivity contribution in [3.63, 3.8) is 0 Å². The summed E-state index contributed by atoms with van der Waals surface area (Å²) in [5.41, 5.74) is 1.87. The zero-order valence-electron chi connectivity index (χ0n) is 16.5. The number of aryl methyl sites for hydroxylation is 1. The fourth-order valence-electron chi connectivity index (χ4n) is 4.56. The molecule has 8 nitrogen and oxygen atoms in total. The third-order valence-corrected chi connectivity index (χ3v) is 5.99. The third-order valence-electron chi connectivity index (χ3n) is 5.99. The van der Waals surface area contributed by atoms with Crippen LogP contribution in [0, 0.1) is 12.8 Å². The van der Waals surface area contributed by atoms with Crippen LogP contribution in [0.15, 0.2) is 28.9 Å². The van der Waals surface area contributed by atoms with E-state index in [1.54, 1.807) is 6.26 Å². The van der Waals surface area contributed by atoms with E-state index < -0.39 is 5.97 Å². The number of amides is 1. The van der Waals surface area contributed by atoms with Gasteiger partial charge in [-0.2, -0.15) is 0 Å². The summed E-state index contributed by atoms with van der Waals surface area (Å²) >= 11 is 0. The SMILES string of the molecule is Cc1nc(-c2ccco2)cc([C@@H]2CN3CC[C@H]2C[C@@H]3CNC(=O)CCC(=O)O)n1. The number of fused-ring (bicyclic) bond motifs is 3. The van der Waals surface area contributed by atoms with Crippen molar-refractivity contribution in [3.05, 3.63) is 36.0 Å². The molecule has 2 aromatic heterocycles. The molecule has 0 saturated carbocycles. The second-order valence-corrected chi connectivity index (χ2v) is 7.94. The highest BCUT2D eigenvalue weighted by Crippen LogP contribution is 2.41. The maximum atomic E-state index is 11.9. The van der Waals surface area contributed by atoms with Gasteiger partial charge in [0.1, 0.15) is 11.5 Å². The Hall–Kier alpha value is -2.74. The predicted octanol–water partition coefficient (Wildman–Crippen LogP) is 2.20. The number of carbonyl (C=O) groups is 2. The van der Waals surface area contributed by atoms with Crippen molar-refractivity contribution >= 4 is 11.9 Å². The van der Waals surface area contributed by atoms with Crippen LogP contribution in [-0.4, -0.2) is 57.5 Å². The van der Waals surface area contributed by atoms with Crippen molar-refractivity contribution in [1.82, 2.24) is 20.2 Å².